The summed E-state index contributed by atoms with van der Waals surface area (Å²) in [6, 6.07) is 3.80. The molecule has 2 unspecified atom stereocenters. The van der Waals surface area contributed by atoms with Crippen LogP contribution in [0.25, 0.3) is 0 Å². The van der Waals surface area contributed by atoms with E-state index in [1.54, 1.807) is 12.3 Å². The van der Waals surface area contributed by atoms with Crippen LogP contribution in [-0.2, 0) is 22.0 Å². The minimum Gasteiger partial charge on any atom is -0.397 e. The highest BCUT2D eigenvalue weighted by Gasteiger charge is 2.16. The molecule has 2 rings (SSSR count). The first-order valence-electron chi connectivity index (χ1n) is 6.75. The van der Waals surface area contributed by atoms with Crippen LogP contribution >= 0.6 is 0 Å². The minimum atomic E-state index is -0.798. The Labute approximate surface area is 121 Å². The molecule has 0 radical (unpaired) electrons. The lowest BCUT2D eigenvalue weighted by Crippen LogP contribution is -2.20. The number of hydrogen-bond acceptors (Lipinski definition) is 4. The monoisotopic (exact) mass is 295 g/mol. The molecule has 4 N–H and O–H groups in total. The van der Waals surface area contributed by atoms with E-state index in [1.807, 2.05) is 13.0 Å². The number of anilines is 3. The van der Waals surface area contributed by atoms with Crippen LogP contribution in [0, 0.1) is 0 Å². The predicted octanol–water partition coefficient (Wildman–Crippen LogP) is 1.72. The van der Waals surface area contributed by atoms with Gasteiger partial charge in [-0.25, -0.2) is 0 Å². The SMILES string of the molecule is CC(CCNc1cc2c(cc1N)NC(=O)CC2)S(C)=O. The third kappa shape index (κ3) is 3.50. The Bertz CT molecular complexity index is 545. The third-order valence-electron chi connectivity index (χ3n) is 3.60. The maximum atomic E-state index is 11.3. The predicted molar refractivity (Wildman–Crippen MR) is 84.4 cm³/mol. The molecular formula is C14H21N3O2S. The third-order valence-corrected chi connectivity index (χ3v) is 4.97. The first-order chi connectivity index (χ1) is 9.47. The zero-order valence-electron chi connectivity index (χ0n) is 11.9. The minimum absolute atomic E-state index is 0.0388. The lowest BCUT2D eigenvalue weighted by Gasteiger charge is -2.20. The molecule has 5 nitrogen and oxygen atoms in total. The summed E-state index contributed by atoms with van der Waals surface area (Å²) in [5, 5.41) is 6.29. The van der Waals surface area contributed by atoms with Crippen LogP contribution in [0.2, 0.25) is 0 Å². The van der Waals surface area contributed by atoms with Crippen molar-refractivity contribution in [2.75, 3.05) is 29.2 Å². The Kier molecular flexibility index (Phi) is 4.65. The fourth-order valence-electron chi connectivity index (χ4n) is 2.17. The molecule has 0 saturated carbocycles. The number of carbonyl (C=O) groups excluding carboxylic acids is 1. The quantitative estimate of drug-likeness (QED) is 0.722. The van der Waals surface area contributed by atoms with Gasteiger partial charge in [0, 0.05) is 41.0 Å². The fraction of sp³-hybridized carbons (Fsp3) is 0.500. The number of hydrogen-bond donors (Lipinski definition) is 3. The molecule has 110 valence electrons. The van der Waals surface area contributed by atoms with Crippen LogP contribution in [-0.4, -0.2) is 28.2 Å². The van der Waals surface area contributed by atoms with Crippen LogP contribution in [0.4, 0.5) is 17.1 Å². The second kappa shape index (κ2) is 6.26. The zero-order valence-corrected chi connectivity index (χ0v) is 12.7. The van der Waals surface area contributed by atoms with Crippen LogP contribution in [0.5, 0.6) is 0 Å². The highest BCUT2D eigenvalue weighted by molar-refractivity contribution is 7.84. The van der Waals surface area contributed by atoms with Crippen LogP contribution < -0.4 is 16.4 Å². The van der Waals surface area contributed by atoms with Gasteiger partial charge in [-0.05, 0) is 30.5 Å². The molecule has 0 aliphatic carbocycles. The Hall–Kier alpha value is -1.56. The Balaban J connectivity index is 2.02. The number of amides is 1. The van der Waals surface area contributed by atoms with Crippen LogP contribution in [0.3, 0.4) is 0 Å². The number of nitrogens with two attached hydrogens (primary N) is 1. The summed E-state index contributed by atoms with van der Waals surface area (Å²) in [4.78, 5) is 11.3. The summed E-state index contributed by atoms with van der Waals surface area (Å²) in [6.45, 7) is 2.71. The van der Waals surface area contributed by atoms with Gasteiger partial charge in [-0.1, -0.05) is 6.92 Å². The van der Waals surface area contributed by atoms with E-state index in [-0.39, 0.29) is 11.2 Å². The number of rotatable bonds is 5. The average Bonchev–Trinajstić information content (AvgIpc) is 2.39. The molecule has 0 bridgehead atoms. The van der Waals surface area contributed by atoms with E-state index in [0.29, 0.717) is 12.1 Å². The van der Waals surface area contributed by atoms with Crippen molar-refractivity contribution in [3.8, 4) is 0 Å². The van der Waals surface area contributed by atoms with Crippen molar-refractivity contribution in [2.24, 2.45) is 0 Å². The topological polar surface area (TPSA) is 84.2 Å². The molecule has 6 heteroatoms. The second-order valence-corrected chi connectivity index (χ2v) is 6.97. The highest BCUT2D eigenvalue weighted by atomic mass is 32.2. The molecular weight excluding hydrogens is 274 g/mol. The molecule has 1 aliphatic rings. The lowest BCUT2D eigenvalue weighted by atomic mass is 10.0. The Morgan fingerprint density at radius 1 is 1.45 bits per heavy atom. The second-order valence-electron chi connectivity index (χ2n) is 5.17. The van der Waals surface area contributed by atoms with Crippen molar-refractivity contribution in [3.05, 3.63) is 17.7 Å². The number of aryl methyl sites for hydroxylation is 1. The average molecular weight is 295 g/mol. The zero-order chi connectivity index (χ0) is 14.7. The summed E-state index contributed by atoms with van der Waals surface area (Å²) in [6.07, 6.45) is 3.81. The van der Waals surface area contributed by atoms with Gasteiger partial charge in [-0.15, -0.1) is 0 Å². The summed E-state index contributed by atoms with van der Waals surface area (Å²) >= 11 is 0. The van der Waals surface area contributed by atoms with E-state index in [1.165, 1.54) is 0 Å². The molecule has 1 heterocycles. The van der Waals surface area contributed by atoms with Crippen molar-refractivity contribution in [2.45, 2.75) is 31.4 Å². The van der Waals surface area contributed by atoms with Gasteiger partial charge in [-0.2, -0.15) is 0 Å². The number of fused-ring (bicyclic) bond motifs is 1. The Morgan fingerprint density at radius 2 is 2.20 bits per heavy atom. The lowest BCUT2D eigenvalue weighted by molar-refractivity contribution is -0.116. The summed E-state index contributed by atoms with van der Waals surface area (Å²) in [7, 11) is -0.798. The standard InChI is InChI=1S/C14H21N3O2S/c1-9(20(2)19)5-6-16-13-7-10-3-4-14(18)17-12(10)8-11(13)15/h7-9,16H,3-6,15H2,1-2H3,(H,17,18). The van der Waals surface area contributed by atoms with E-state index in [9.17, 15) is 9.00 Å². The van der Waals surface area contributed by atoms with Gasteiger partial charge in [0.25, 0.3) is 0 Å². The number of nitrogen functional groups attached to an aromatic ring is 1. The first-order valence-corrected chi connectivity index (χ1v) is 8.38. The van der Waals surface area contributed by atoms with E-state index >= 15 is 0 Å². The normalized spacial score (nSPS) is 17.0. The number of nitrogens with one attached hydrogen (secondary N) is 2. The van der Waals surface area contributed by atoms with E-state index < -0.39 is 10.8 Å². The van der Waals surface area contributed by atoms with Gasteiger partial charge in [-0.3, -0.25) is 9.00 Å². The molecule has 0 saturated heterocycles. The maximum absolute atomic E-state index is 11.3. The van der Waals surface area contributed by atoms with E-state index in [0.717, 1.165) is 36.3 Å². The summed E-state index contributed by atoms with van der Waals surface area (Å²) < 4.78 is 11.3. The van der Waals surface area contributed by atoms with Gasteiger partial charge < -0.3 is 16.4 Å². The molecule has 1 aromatic carbocycles. The summed E-state index contributed by atoms with van der Waals surface area (Å²) in [5.74, 6) is 0.0388. The van der Waals surface area contributed by atoms with Gasteiger partial charge >= 0.3 is 0 Å². The smallest absolute Gasteiger partial charge is 0.224 e. The van der Waals surface area contributed by atoms with Crippen molar-refractivity contribution in [1.82, 2.24) is 0 Å². The van der Waals surface area contributed by atoms with Crippen LogP contribution in [0.15, 0.2) is 12.1 Å². The molecule has 1 aliphatic heterocycles. The maximum Gasteiger partial charge on any atom is 0.224 e. The summed E-state index contributed by atoms with van der Waals surface area (Å²) in [5.41, 5.74) is 9.42. The fourth-order valence-corrected chi connectivity index (χ4v) is 2.62. The van der Waals surface area contributed by atoms with Crippen LogP contribution in [0.1, 0.15) is 25.3 Å². The molecule has 1 aromatic rings. The van der Waals surface area contributed by atoms with Crippen molar-refractivity contribution >= 4 is 33.8 Å². The largest absolute Gasteiger partial charge is 0.397 e. The molecule has 0 spiro atoms. The van der Waals surface area contributed by atoms with Gasteiger partial charge in [0.2, 0.25) is 5.91 Å². The number of benzene rings is 1. The Morgan fingerprint density at radius 3 is 2.90 bits per heavy atom. The van der Waals surface area contributed by atoms with Gasteiger partial charge in [0.05, 0.1) is 11.4 Å². The first kappa shape index (κ1) is 14.8. The highest BCUT2D eigenvalue weighted by Crippen LogP contribution is 2.30. The molecule has 2 atom stereocenters. The van der Waals surface area contributed by atoms with Crippen molar-refractivity contribution in [3.63, 3.8) is 0 Å². The van der Waals surface area contributed by atoms with E-state index in [2.05, 4.69) is 10.6 Å². The number of carbonyl (C=O) groups is 1. The van der Waals surface area contributed by atoms with Crippen molar-refractivity contribution < 1.29 is 9.00 Å². The van der Waals surface area contributed by atoms with Gasteiger partial charge in [0.15, 0.2) is 0 Å². The molecule has 1 amide bonds. The molecule has 20 heavy (non-hydrogen) atoms. The molecule has 0 fully saturated rings. The van der Waals surface area contributed by atoms with Gasteiger partial charge in [0.1, 0.15) is 0 Å². The molecule has 0 aromatic heterocycles. The van der Waals surface area contributed by atoms with E-state index in [4.69, 9.17) is 5.73 Å². The van der Waals surface area contributed by atoms with Crippen molar-refractivity contribution in [1.29, 1.82) is 0 Å².